The Morgan fingerprint density at radius 1 is 1.14 bits per heavy atom. The third-order valence-corrected chi connectivity index (χ3v) is 3.25. The normalized spacial score (nSPS) is 13.1. The van der Waals surface area contributed by atoms with Crippen LogP contribution in [0.25, 0.3) is 10.8 Å². The predicted molar refractivity (Wildman–Crippen MR) is 67.3 cm³/mol. The summed E-state index contributed by atoms with van der Waals surface area (Å²) in [6.07, 6.45) is -0.397. The van der Waals surface area contributed by atoms with E-state index in [1.54, 1.807) is 6.92 Å². The Kier molecular flexibility index (Phi) is 2.74. The van der Waals surface area contributed by atoms with Crippen LogP contribution in [-0.2, 0) is 0 Å². The van der Waals surface area contributed by atoms with E-state index >= 15 is 0 Å². The first kappa shape index (κ1) is 9.93. The minimum absolute atomic E-state index is 0.397. The number of hydrogen-bond acceptors (Lipinski definition) is 1. The molecule has 0 aliphatic heterocycles. The zero-order valence-electron chi connectivity index (χ0n) is 7.87. The van der Waals surface area contributed by atoms with Gasteiger partial charge in [-0.3, -0.25) is 0 Å². The number of fused-ring (bicyclic) bond motifs is 1. The Bertz CT molecular complexity index is 463. The van der Waals surface area contributed by atoms with Crippen LogP contribution >= 0.6 is 22.6 Å². The van der Waals surface area contributed by atoms with Crippen molar-refractivity contribution in [1.82, 2.24) is 0 Å². The Morgan fingerprint density at radius 3 is 2.29 bits per heavy atom. The fourth-order valence-electron chi connectivity index (χ4n) is 1.55. The smallest absolute Gasteiger partial charge is 0.0772 e. The summed E-state index contributed by atoms with van der Waals surface area (Å²) < 4.78 is 1.12. The van der Waals surface area contributed by atoms with Gasteiger partial charge in [-0.1, -0.05) is 24.3 Å². The lowest BCUT2D eigenvalue weighted by Crippen LogP contribution is -1.94. The quantitative estimate of drug-likeness (QED) is 0.799. The zero-order chi connectivity index (χ0) is 10.1. The van der Waals surface area contributed by atoms with Crippen molar-refractivity contribution in [3.8, 4) is 0 Å². The van der Waals surface area contributed by atoms with E-state index in [0.717, 1.165) is 9.13 Å². The molecule has 1 nitrogen and oxygen atoms in total. The summed E-state index contributed by atoms with van der Waals surface area (Å²) in [7, 11) is 0. The molecule has 0 heterocycles. The van der Waals surface area contributed by atoms with Crippen LogP contribution in [0, 0.1) is 3.57 Å². The van der Waals surface area contributed by atoms with Crippen molar-refractivity contribution in [2.75, 3.05) is 0 Å². The zero-order valence-corrected chi connectivity index (χ0v) is 10.0. The maximum Gasteiger partial charge on any atom is 0.0772 e. The molecule has 72 valence electrons. The molecule has 0 bridgehead atoms. The van der Waals surface area contributed by atoms with E-state index in [1.807, 2.05) is 12.1 Å². The third kappa shape index (κ3) is 1.77. The summed E-state index contributed by atoms with van der Waals surface area (Å²) in [6.45, 7) is 1.80. The van der Waals surface area contributed by atoms with Crippen LogP contribution in [0.4, 0.5) is 0 Å². The average molecular weight is 298 g/mol. The van der Waals surface area contributed by atoms with E-state index in [1.165, 1.54) is 10.8 Å². The van der Waals surface area contributed by atoms with Gasteiger partial charge in [0.05, 0.1) is 6.10 Å². The number of benzene rings is 2. The molecule has 0 aromatic heterocycles. The van der Waals surface area contributed by atoms with E-state index in [4.69, 9.17) is 0 Å². The van der Waals surface area contributed by atoms with Gasteiger partial charge < -0.3 is 5.11 Å². The second-order valence-electron chi connectivity index (χ2n) is 3.40. The first-order valence-electron chi connectivity index (χ1n) is 4.55. The molecule has 0 spiro atoms. The molecule has 0 aliphatic rings. The Hall–Kier alpha value is -0.610. The van der Waals surface area contributed by atoms with Gasteiger partial charge in [0.15, 0.2) is 0 Å². The van der Waals surface area contributed by atoms with Crippen molar-refractivity contribution in [2.24, 2.45) is 0 Å². The molecule has 0 saturated heterocycles. The lowest BCUT2D eigenvalue weighted by Gasteiger charge is -2.09. The number of rotatable bonds is 1. The molecule has 2 aromatic carbocycles. The van der Waals surface area contributed by atoms with E-state index in [0.29, 0.717) is 0 Å². The van der Waals surface area contributed by atoms with Gasteiger partial charge >= 0.3 is 0 Å². The maximum atomic E-state index is 9.56. The molecule has 2 rings (SSSR count). The van der Waals surface area contributed by atoms with Crippen molar-refractivity contribution in [3.63, 3.8) is 0 Å². The van der Waals surface area contributed by atoms with Gasteiger partial charge in [-0.2, -0.15) is 0 Å². The van der Waals surface area contributed by atoms with Crippen LogP contribution in [0.2, 0.25) is 0 Å². The molecule has 0 aliphatic carbocycles. The van der Waals surface area contributed by atoms with Crippen LogP contribution in [0.15, 0.2) is 36.4 Å². The van der Waals surface area contributed by atoms with Crippen molar-refractivity contribution in [2.45, 2.75) is 13.0 Å². The van der Waals surface area contributed by atoms with Crippen LogP contribution in [-0.4, -0.2) is 5.11 Å². The highest BCUT2D eigenvalue weighted by Gasteiger charge is 2.06. The number of aliphatic hydroxyl groups is 1. The van der Waals surface area contributed by atoms with Crippen LogP contribution in [0.1, 0.15) is 18.6 Å². The van der Waals surface area contributed by atoms with Gasteiger partial charge in [-0.25, -0.2) is 0 Å². The highest BCUT2D eigenvalue weighted by atomic mass is 127. The Morgan fingerprint density at radius 2 is 1.71 bits per heavy atom. The monoisotopic (exact) mass is 298 g/mol. The molecule has 2 heteroatoms. The van der Waals surface area contributed by atoms with E-state index in [9.17, 15) is 5.11 Å². The molecule has 0 fully saturated rings. The number of hydrogen-bond donors (Lipinski definition) is 1. The Labute approximate surface area is 96.9 Å². The van der Waals surface area contributed by atoms with E-state index < -0.39 is 6.10 Å². The molecule has 1 N–H and O–H groups in total. The summed E-state index contributed by atoms with van der Waals surface area (Å²) in [6, 6.07) is 12.4. The molecular weight excluding hydrogens is 287 g/mol. The number of aliphatic hydroxyl groups excluding tert-OH is 1. The maximum absolute atomic E-state index is 9.56. The van der Waals surface area contributed by atoms with Gasteiger partial charge in [-0.05, 0) is 58.0 Å². The van der Waals surface area contributed by atoms with Gasteiger partial charge in [0.25, 0.3) is 0 Å². The SMILES string of the molecule is CC(O)c1cc2ccccc2cc1I. The molecule has 1 atom stereocenters. The summed E-state index contributed by atoms with van der Waals surface area (Å²) in [5, 5.41) is 12.0. The second kappa shape index (κ2) is 3.87. The van der Waals surface area contributed by atoms with E-state index in [2.05, 4.69) is 46.9 Å². The minimum atomic E-state index is -0.397. The Balaban J connectivity index is 2.71. The van der Waals surface area contributed by atoms with Crippen molar-refractivity contribution >= 4 is 33.4 Å². The van der Waals surface area contributed by atoms with Crippen LogP contribution in [0.5, 0.6) is 0 Å². The summed E-state index contributed by atoms with van der Waals surface area (Å²) >= 11 is 2.26. The van der Waals surface area contributed by atoms with Crippen LogP contribution < -0.4 is 0 Å². The highest BCUT2D eigenvalue weighted by molar-refractivity contribution is 14.1. The topological polar surface area (TPSA) is 20.2 Å². The standard InChI is InChI=1S/C12H11IO/c1-8(14)11-6-9-4-2-3-5-10(9)7-12(11)13/h2-8,14H,1H3. The van der Waals surface area contributed by atoms with Gasteiger partial charge in [0.1, 0.15) is 0 Å². The second-order valence-corrected chi connectivity index (χ2v) is 4.56. The molecule has 0 saturated carbocycles. The van der Waals surface area contributed by atoms with Gasteiger partial charge in [-0.15, -0.1) is 0 Å². The van der Waals surface area contributed by atoms with Crippen LogP contribution in [0.3, 0.4) is 0 Å². The summed E-state index contributed by atoms with van der Waals surface area (Å²) in [5.74, 6) is 0. The molecule has 2 aromatic rings. The van der Waals surface area contributed by atoms with Crippen molar-refractivity contribution < 1.29 is 5.11 Å². The molecule has 14 heavy (non-hydrogen) atoms. The lowest BCUT2D eigenvalue weighted by atomic mass is 10.0. The predicted octanol–water partition coefficient (Wildman–Crippen LogP) is 3.50. The highest BCUT2D eigenvalue weighted by Crippen LogP contribution is 2.25. The first-order valence-corrected chi connectivity index (χ1v) is 5.62. The molecule has 0 amide bonds. The largest absolute Gasteiger partial charge is 0.389 e. The molecule has 0 radical (unpaired) electrons. The summed E-state index contributed by atoms with van der Waals surface area (Å²) in [5.41, 5.74) is 1.00. The van der Waals surface area contributed by atoms with Crippen molar-refractivity contribution in [1.29, 1.82) is 0 Å². The first-order chi connectivity index (χ1) is 6.68. The fraction of sp³-hybridized carbons (Fsp3) is 0.167. The van der Waals surface area contributed by atoms with E-state index in [-0.39, 0.29) is 0 Å². The van der Waals surface area contributed by atoms with Crippen molar-refractivity contribution in [3.05, 3.63) is 45.5 Å². The molecule has 1 unspecified atom stereocenters. The fourth-order valence-corrected chi connectivity index (χ4v) is 2.49. The molecular formula is C12H11IO. The lowest BCUT2D eigenvalue weighted by molar-refractivity contribution is 0.198. The summed E-state index contributed by atoms with van der Waals surface area (Å²) in [4.78, 5) is 0. The number of halogens is 1. The average Bonchev–Trinajstić information content (AvgIpc) is 2.16. The van der Waals surface area contributed by atoms with Gasteiger partial charge in [0.2, 0.25) is 0 Å². The van der Waals surface area contributed by atoms with Gasteiger partial charge in [0, 0.05) is 3.57 Å². The third-order valence-electron chi connectivity index (χ3n) is 2.32. The minimum Gasteiger partial charge on any atom is -0.389 e.